The van der Waals surface area contributed by atoms with Crippen molar-refractivity contribution in [2.45, 2.75) is 52.0 Å². The third-order valence-corrected chi connectivity index (χ3v) is 4.54. The predicted molar refractivity (Wildman–Crippen MR) is 69.5 cm³/mol. The quantitative estimate of drug-likeness (QED) is 0.817. The van der Waals surface area contributed by atoms with E-state index >= 15 is 0 Å². The van der Waals surface area contributed by atoms with Crippen molar-refractivity contribution in [3.8, 4) is 0 Å². The topological polar surface area (TPSA) is 46.3 Å². The van der Waals surface area contributed by atoms with Gasteiger partial charge in [0.1, 0.15) is 0 Å². The molecule has 1 saturated heterocycles. The van der Waals surface area contributed by atoms with Crippen molar-refractivity contribution in [1.29, 1.82) is 0 Å². The van der Waals surface area contributed by atoms with Gasteiger partial charge in [0.05, 0.1) is 0 Å². The number of hydrogen-bond acceptors (Lipinski definition) is 2. The summed E-state index contributed by atoms with van der Waals surface area (Å²) in [6.45, 7) is 6.15. The standard InChI is InChI=1S/C14H26N2O/c1-3-12(4-2)14(17)16-8-10-5-11(9-16)7-13(15)6-10/h10-13H,3-9,15H2,1-2H3. The molecule has 0 radical (unpaired) electrons. The lowest BCUT2D eigenvalue weighted by atomic mass is 9.75. The summed E-state index contributed by atoms with van der Waals surface area (Å²) >= 11 is 0. The summed E-state index contributed by atoms with van der Waals surface area (Å²) in [6, 6.07) is 0.379. The summed E-state index contributed by atoms with van der Waals surface area (Å²) < 4.78 is 0. The van der Waals surface area contributed by atoms with Crippen LogP contribution in [-0.2, 0) is 4.79 Å². The van der Waals surface area contributed by atoms with Crippen LogP contribution in [0.15, 0.2) is 0 Å². The number of likely N-dealkylation sites (tertiary alicyclic amines) is 1. The second kappa shape index (κ2) is 5.38. The molecule has 2 atom stereocenters. The molecule has 2 rings (SSSR count). The normalized spacial score (nSPS) is 32.9. The first kappa shape index (κ1) is 12.9. The van der Waals surface area contributed by atoms with Gasteiger partial charge >= 0.3 is 0 Å². The zero-order valence-corrected chi connectivity index (χ0v) is 11.2. The first-order valence-electron chi connectivity index (χ1n) is 7.18. The van der Waals surface area contributed by atoms with Gasteiger partial charge in [-0.2, -0.15) is 0 Å². The molecule has 2 N–H and O–H groups in total. The van der Waals surface area contributed by atoms with Crippen LogP contribution in [0.1, 0.15) is 46.0 Å². The number of fused-ring (bicyclic) bond motifs is 2. The van der Waals surface area contributed by atoms with Crippen LogP contribution in [0, 0.1) is 17.8 Å². The largest absolute Gasteiger partial charge is 0.342 e. The van der Waals surface area contributed by atoms with Crippen LogP contribution in [0.3, 0.4) is 0 Å². The van der Waals surface area contributed by atoms with Crippen LogP contribution >= 0.6 is 0 Å². The molecule has 2 bridgehead atoms. The Morgan fingerprint density at radius 3 is 2.18 bits per heavy atom. The minimum absolute atomic E-state index is 0.238. The van der Waals surface area contributed by atoms with E-state index in [1.807, 2.05) is 0 Å². The van der Waals surface area contributed by atoms with Gasteiger partial charge < -0.3 is 10.6 Å². The highest BCUT2D eigenvalue weighted by atomic mass is 16.2. The molecule has 2 fully saturated rings. The maximum absolute atomic E-state index is 12.4. The molecule has 1 amide bonds. The second-order valence-corrected chi connectivity index (χ2v) is 5.96. The Bertz CT molecular complexity index is 257. The van der Waals surface area contributed by atoms with Crippen LogP contribution in [-0.4, -0.2) is 29.9 Å². The van der Waals surface area contributed by atoms with Crippen LogP contribution in [0.2, 0.25) is 0 Å². The first-order chi connectivity index (χ1) is 8.13. The molecule has 3 nitrogen and oxygen atoms in total. The van der Waals surface area contributed by atoms with Crippen molar-refractivity contribution in [3.63, 3.8) is 0 Å². The highest BCUT2D eigenvalue weighted by Crippen LogP contribution is 2.34. The van der Waals surface area contributed by atoms with Gasteiger partial charge in [-0.1, -0.05) is 13.8 Å². The third-order valence-electron chi connectivity index (χ3n) is 4.54. The molecule has 1 heterocycles. The second-order valence-electron chi connectivity index (χ2n) is 5.96. The number of hydrogen-bond donors (Lipinski definition) is 1. The fraction of sp³-hybridized carbons (Fsp3) is 0.929. The van der Waals surface area contributed by atoms with Gasteiger partial charge in [-0.05, 0) is 43.9 Å². The summed E-state index contributed by atoms with van der Waals surface area (Å²) in [7, 11) is 0. The minimum atomic E-state index is 0.238. The maximum Gasteiger partial charge on any atom is 0.225 e. The summed E-state index contributed by atoms with van der Waals surface area (Å²) in [5.74, 6) is 1.95. The highest BCUT2D eigenvalue weighted by molar-refractivity contribution is 5.78. The van der Waals surface area contributed by atoms with Gasteiger partial charge in [-0.25, -0.2) is 0 Å². The number of carbonyl (C=O) groups is 1. The average molecular weight is 238 g/mol. The molecule has 3 heteroatoms. The average Bonchev–Trinajstić information content (AvgIpc) is 2.28. The van der Waals surface area contributed by atoms with Crippen LogP contribution in [0.25, 0.3) is 0 Å². The number of carbonyl (C=O) groups excluding carboxylic acids is 1. The Hall–Kier alpha value is -0.570. The van der Waals surface area contributed by atoms with Gasteiger partial charge in [0.25, 0.3) is 0 Å². The lowest BCUT2D eigenvalue weighted by Gasteiger charge is -2.44. The monoisotopic (exact) mass is 238 g/mol. The molecule has 1 saturated carbocycles. The van der Waals surface area contributed by atoms with Crippen LogP contribution in [0.5, 0.6) is 0 Å². The van der Waals surface area contributed by atoms with Crippen molar-refractivity contribution >= 4 is 5.91 Å². The van der Waals surface area contributed by atoms with E-state index in [1.54, 1.807) is 0 Å². The molecule has 17 heavy (non-hydrogen) atoms. The maximum atomic E-state index is 12.4. The van der Waals surface area contributed by atoms with Crippen molar-refractivity contribution in [2.75, 3.05) is 13.1 Å². The van der Waals surface area contributed by atoms with E-state index in [0.717, 1.165) is 38.8 Å². The van der Waals surface area contributed by atoms with E-state index in [0.29, 0.717) is 23.8 Å². The van der Waals surface area contributed by atoms with Crippen LogP contribution in [0.4, 0.5) is 0 Å². The molecule has 0 aromatic heterocycles. The molecule has 0 aromatic carbocycles. The molecule has 2 aliphatic rings. The van der Waals surface area contributed by atoms with E-state index in [1.165, 1.54) is 6.42 Å². The zero-order valence-electron chi connectivity index (χ0n) is 11.2. The highest BCUT2D eigenvalue weighted by Gasteiger charge is 2.36. The Morgan fingerprint density at radius 2 is 1.71 bits per heavy atom. The Balaban J connectivity index is 1.97. The molecule has 1 aliphatic heterocycles. The fourth-order valence-electron chi connectivity index (χ4n) is 3.69. The van der Waals surface area contributed by atoms with Crippen molar-refractivity contribution in [3.05, 3.63) is 0 Å². The molecule has 0 aromatic rings. The Labute approximate surface area is 105 Å². The summed E-state index contributed by atoms with van der Waals surface area (Å²) in [4.78, 5) is 14.5. The minimum Gasteiger partial charge on any atom is -0.342 e. The van der Waals surface area contributed by atoms with E-state index in [4.69, 9.17) is 5.73 Å². The zero-order chi connectivity index (χ0) is 12.4. The van der Waals surface area contributed by atoms with Gasteiger partial charge in [-0.15, -0.1) is 0 Å². The molecule has 0 spiro atoms. The van der Waals surface area contributed by atoms with Gasteiger partial charge in [-0.3, -0.25) is 4.79 Å². The fourth-order valence-corrected chi connectivity index (χ4v) is 3.69. The number of nitrogens with two attached hydrogens (primary N) is 1. The van der Waals surface area contributed by atoms with E-state index < -0.39 is 0 Å². The van der Waals surface area contributed by atoms with Gasteiger partial charge in [0.15, 0.2) is 0 Å². The summed E-state index contributed by atoms with van der Waals surface area (Å²) in [6.07, 6.45) is 5.47. The first-order valence-corrected chi connectivity index (χ1v) is 7.18. The van der Waals surface area contributed by atoms with Gasteiger partial charge in [0, 0.05) is 25.0 Å². The number of piperidine rings is 1. The molecular weight excluding hydrogens is 212 g/mol. The van der Waals surface area contributed by atoms with Gasteiger partial charge in [0.2, 0.25) is 5.91 Å². The Kier molecular flexibility index (Phi) is 4.08. The Morgan fingerprint density at radius 1 is 1.18 bits per heavy atom. The van der Waals surface area contributed by atoms with Crippen LogP contribution < -0.4 is 5.73 Å². The molecule has 2 unspecified atom stereocenters. The van der Waals surface area contributed by atoms with E-state index in [-0.39, 0.29) is 5.92 Å². The molecule has 98 valence electrons. The van der Waals surface area contributed by atoms with Crippen molar-refractivity contribution < 1.29 is 4.79 Å². The van der Waals surface area contributed by atoms with E-state index in [2.05, 4.69) is 18.7 Å². The number of amides is 1. The predicted octanol–water partition coefficient (Wildman–Crippen LogP) is 2.01. The molecule has 1 aliphatic carbocycles. The lowest BCUT2D eigenvalue weighted by Crippen LogP contribution is -2.51. The summed E-state index contributed by atoms with van der Waals surface area (Å²) in [5.41, 5.74) is 6.06. The number of rotatable bonds is 3. The smallest absolute Gasteiger partial charge is 0.225 e. The third kappa shape index (κ3) is 2.82. The number of nitrogens with zero attached hydrogens (tertiary/aromatic N) is 1. The SMILES string of the molecule is CCC(CC)C(=O)N1CC2CC(N)CC(C2)C1. The lowest BCUT2D eigenvalue weighted by molar-refractivity contribution is -0.139. The molecular formula is C14H26N2O. The van der Waals surface area contributed by atoms with E-state index in [9.17, 15) is 4.79 Å². The van der Waals surface area contributed by atoms with Crippen molar-refractivity contribution in [2.24, 2.45) is 23.5 Å². The van der Waals surface area contributed by atoms with Crippen molar-refractivity contribution in [1.82, 2.24) is 4.90 Å². The summed E-state index contributed by atoms with van der Waals surface area (Å²) in [5, 5.41) is 0.